The number of hydrogen-bond donors (Lipinski definition) is 2. The van der Waals surface area contributed by atoms with Crippen LogP contribution in [0.2, 0.25) is 5.02 Å². The Labute approximate surface area is 226 Å². The van der Waals surface area contributed by atoms with Gasteiger partial charge < -0.3 is 14.8 Å². The molecule has 0 aliphatic carbocycles. The van der Waals surface area contributed by atoms with Gasteiger partial charge in [-0.05, 0) is 67.1 Å². The molecule has 0 aliphatic rings. The zero-order valence-corrected chi connectivity index (χ0v) is 22.5. The highest BCUT2D eigenvalue weighted by Crippen LogP contribution is 2.30. The Morgan fingerprint density at radius 2 is 1.71 bits per heavy atom. The van der Waals surface area contributed by atoms with Gasteiger partial charge in [-0.15, -0.1) is 0 Å². The largest absolute Gasteiger partial charge is 0.495 e. The fourth-order valence-corrected chi connectivity index (χ4v) is 4.29. The van der Waals surface area contributed by atoms with Gasteiger partial charge in [0, 0.05) is 5.69 Å². The van der Waals surface area contributed by atoms with Crippen LogP contribution in [0.1, 0.15) is 11.1 Å². The number of ether oxygens (including phenoxy) is 2. The lowest BCUT2D eigenvalue weighted by Gasteiger charge is -2.21. The van der Waals surface area contributed by atoms with Crippen molar-refractivity contribution in [3.05, 3.63) is 82.9 Å². The molecule has 0 heterocycles. The van der Waals surface area contributed by atoms with Crippen molar-refractivity contribution in [2.24, 2.45) is 5.10 Å². The van der Waals surface area contributed by atoms with Gasteiger partial charge >= 0.3 is 0 Å². The predicted molar refractivity (Wildman–Crippen MR) is 148 cm³/mol. The highest BCUT2D eigenvalue weighted by molar-refractivity contribution is 7.92. The first-order valence-electron chi connectivity index (χ1n) is 11.3. The van der Waals surface area contributed by atoms with Crippen LogP contribution >= 0.6 is 11.6 Å². The number of rotatable bonds is 11. The van der Waals surface area contributed by atoms with Crippen LogP contribution in [0.25, 0.3) is 0 Å². The van der Waals surface area contributed by atoms with Gasteiger partial charge in [0.05, 0.1) is 30.3 Å². The summed E-state index contributed by atoms with van der Waals surface area (Å²) in [5.74, 6) is -0.0903. The Hall–Kier alpha value is -4.09. The molecule has 0 aliphatic heterocycles. The van der Waals surface area contributed by atoms with Crippen LogP contribution in [0.3, 0.4) is 0 Å². The SMILES string of the molecule is COc1ccc(N(CC(=O)N/N=C/c2ccc(OCC(=O)Nc3ccc(C)cc3)cc2)S(C)(=O)=O)cc1Cl. The van der Waals surface area contributed by atoms with Crippen molar-refractivity contribution >= 4 is 51.0 Å². The second kappa shape index (κ2) is 12.9. The van der Waals surface area contributed by atoms with Crippen LogP contribution < -0.4 is 24.5 Å². The van der Waals surface area contributed by atoms with E-state index in [-0.39, 0.29) is 23.2 Å². The third-order valence-corrected chi connectivity index (χ3v) is 6.54. The molecule has 0 aromatic heterocycles. The van der Waals surface area contributed by atoms with Gasteiger partial charge in [-0.25, -0.2) is 13.8 Å². The zero-order valence-electron chi connectivity index (χ0n) is 21.0. The van der Waals surface area contributed by atoms with E-state index in [2.05, 4.69) is 15.8 Å². The predicted octanol–water partition coefficient (Wildman–Crippen LogP) is 3.59. The van der Waals surface area contributed by atoms with Gasteiger partial charge in [0.2, 0.25) is 10.0 Å². The average Bonchev–Trinajstić information content (AvgIpc) is 2.87. The highest BCUT2D eigenvalue weighted by Gasteiger charge is 2.21. The molecule has 3 aromatic rings. The van der Waals surface area contributed by atoms with Gasteiger partial charge in [-0.3, -0.25) is 13.9 Å². The lowest BCUT2D eigenvalue weighted by molar-refractivity contribution is -0.119. The van der Waals surface area contributed by atoms with E-state index in [1.165, 1.54) is 31.5 Å². The maximum Gasteiger partial charge on any atom is 0.262 e. The number of anilines is 2. The standard InChI is InChI=1S/C26H27ClN4O6S/c1-18-4-8-20(9-5-18)29-26(33)17-37-22-11-6-19(7-12-22)15-28-30-25(32)16-31(38(3,34)35)21-10-13-24(36-2)23(27)14-21/h4-15H,16-17H2,1-3H3,(H,29,33)(H,30,32)/b28-15+. The molecule has 12 heteroatoms. The maximum absolute atomic E-state index is 12.4. The summed E-state index contributed by atoms with van der Waals surface area (Å²) < 4.78 is 36.0. The van der Waals surface area contributed by atoms with Crippen LogP contribution in [0.4, 0.5) is 11.4 Å². The highest BCUT2D eigenvalue weighted by atomic mass is 35.5. The fourth-order valence-electron chi connectivity index (χ4n) is 3.19. The van der Waals surface area contributed by atoms with Crippen LogP contribution in [0.5, 0.6) is 11.5 Å². The summed E-state index contributed by atoms with van der Waals surface area (Å²) >= 11 is 6.10. The minimum Gasteiger partial charge on any atom is -0.495 e. The van der Waals surface area contributed by atoms with Crippen LogP contribution in [0, 0.1) is 6.92 Å². The van der Waals surface area contributed by atoms with Gasteiger partial charge in [0.25, 0.3) is 11.8 Å². The second-order valence-electron chi connectivity index (χ2n) is 8.15. The molecule has 2 amide bonds. The first-order chi connectivity index (χ1) is 18.0. The van der Waals surface area contributed by atoms with E-state index < -0.39 is 22.5 Å². The number of halogens is 1. The Bertz CT molecular complexity index is 1410. The minimum absolute atomic E-state index is 0.159. The molecule has 0 saturated carbocycles. The number of amides is 2. The quantitative estimate of drug-likeness (QED) is 0.273. The van der Waals surface area contributed by atoms with Crippen molar-refractivity contribution in [1.29, 1.82) is 0 Å². The lowest BCUT2D eigenvalue weighted by atomic mass is 10.2. The number of sulfonamides is 1. The van der Waals surface area contributed by atoms with Crippen LogP contribution in [-0.4, -0.2) is 53.0 Å². The molecule has 3 aromatic carbocycles. The van der Waals surface area contributed by atoms with Gasteiger partial charge in [0.1, 0.15) is 18.0 Å². The Kier molecular flexibility index (Phi) is 9.69. The summed E-state index contributed by atoms with van der Waals surface area (Å²) in [5.41, 5.74) is 4.94. The van der Waals surface area contributed by atoms with E-state index in [0.29, 0.717) is 22.7 Å². The Morgan fingerprint density at radius 1 is 1.03 bits per heavy atom. The van der Waals surface area contributed by atoms with Gasteiger partial charge in [-0.2, -0.15) is 5.10 Å². The Morgan fingerprint density at radius 3 is 2.32 bits per heavy atom. The van der Waals surface area contributed by atoms with Crippen molar-refractivity contribution in [3.8, 4) is 11.5 Å². The van der Waals surface area contributed by atoms with Crippen molar-refractivity contribution in [2.45, 2.75) is 6.92 Å². The summed E-state index contributed by atoms with van der Waals surface area (Å²) in [5, 5.41) is 6.83. The number of nitrogens with one attached hydrogen (secondary N) is 2. The van der Waals surface area contributed by atoms with E-state index in [0.717, 1.165) is 16.1 Å². The van der Waals surface area contributed by atoms with E-state index in [4.69, 9.17) is 21.1 Å². The monoisotopic (exact) mass is 558 g/mol. The summed E-state index contributed by atoms with van der Waals surface area (Å²) in [6.45, 7) is 1.30. The van der Waals surface area contributed by atoms with Crippen molar-refractivity contribution in [1.82, 2.24) is 5.43 Å². The number of methoxy groups -OCH3 is 1. The number of benzene rings is 3. The van der Waals surface area contributed by atoms with Crippen molar-refractivity contribution < 1.29 is 27.5 Å². The smallest absolute Gasteiger partial charge is 0.262 e. The van der Waals surface area contributed by atoms with Gasteiger partial charge in [0.15, 0.2) is 6.61 Å². The fraction of sp³-hybridized carbons (Fsp3) is 0.192. The minimum atomic E-state index is -3.78. The normalized spacial score (nSPS) is 11.2. The number of carbonyl (C=O) groups excluding carboxylic acids is 2. The molecule has 10 nitrogen and oxygen atoms in total. The topological polar surface area (TPSA) is 126 Å². The molecule has 3 rings (SSSR count). The third kappa shape index (κ3) is 8.49. The van der Waals surface area contributed by atoms with Crippen LogP contribution in [-0.2, 0) is 19.6 Å². The van der Waals surface area contributed by atoms with Crippen molar-refractivity contribution in [2.75, 3.05) is 36.1 Å². The third-order valence-electron chi connectivity index (χ3n) is 5.10. The first kappa shape index (κ1) is 28.5. The first-order valence-corrected chi connectivity index (χ1v) is 13.5. The lowest BCUT2D eigenvalue weighted by Crippen LogP contribution is -2.39. The number of hydrazone groups is 1. The molecular weight excluding hydrogens is 532 g/mol. The molecule has 0 saturated heterocycles. The number of hydrogen-bond acceptors (Lipinski definition) is 7. The zero-order chi connectivity index (χ0) is 27.7. The number of aryl methyl sites for hydroxylation is 1. The summed E-state index contributed by atoms with van der Waals surface area (Å²) in [7, 11) is -2.35. The molecule has 38 heavy (non-hydrogen) atoms. The molecular formula is C26H27ClN4O6S. The molecule has 0 radical (unpaired) electrons. The number of carbonyl (C=O) groups is 2. The molecule has 0 unspecified atom stereocenters. The summed E-state index contributed by atoms with van der Waals surface area (Å²) in [6.07, 6.45) is 2.37. The number of nitrogens with zero attached hydrogens (tertiary/aromatic N) is 2. The molecule has 200 valence electrons. The molecule has 0 spiro atoms. The van der Waals surface area contributed by atoms with E-state index >= 15 is 0 Å². The molecule has 2 N–H and O–H groups in total. The Balaban J connectivity index is 1.51. The molecule has 0 bridgehead atoms. The van der Waals surface area contributed by atoms with E-state index in [1.807, 2.05) is 31.2 Å². The summed E-state index contributed by atoms with van der Waals surface area (Å²) in [4.78, 5) is 24.4. The molecule has 0 fully saturated rings. The maximum atomic E-state index is 12.4. The van der Waals surface area contributed by atoms with Crippen molar-refractivity contribution in [3.63, 3.8) is 0 Å². The van der Waals surface area contributed by atoms with E-state index in [1.54, 1.807) is 24.3 Å². The van der Waals surface area contributed by atoms with Crippen LogP contribution in [0.15, 0.2) is 71.8 Å². The summed E-state index contributed by atoms with van der Waals surface area (Å²) in [6, 6.07) is 18.5. The van der Waals surface area contributed by atoms with E-state index in [9.17, 15) is 18.0 Å². The van der Waals surface area contributed by atoms with Gasteiger partial charge in [-0.1, -0.05) is 29.3 Å². The average molecular weight is 559 g/mol. The second-order valence-corrected chi connectivity index (χ2v) is 10.5. The molecule has 0 atom stereocenters.